The average molecular weight is 327 g/mol. The van der Waals surface area contributed by atoms with E-state index in [-0.39, 0.29) is 24.5 Å². The number of carbonyl (C=O) groups excluding carboxylic acids is 1. The number of carbonyl (C=O) groups is 1. The lowest BCUT2D eigenvalue weighted by atomic mass is 9.93. The molecule has 4 rings (SSSR count). The van der Waals surface area contributed by atoms with E-state index in [9.17, 15) is 9.90 Å². The minimum absolute atomic E-state index is 0.156. The van der Waals surface area contributed by atoms with Crippen LogP contribution in [0.3, 0.4) is 0 Å². The summed E-state index contributed by atoms with van der Waals surface area (Å²) in [6, 6.07) is 0.156. The topological polar surface area (TPSA) is 86.3 Å². The van der Waals surface area contributed by atoms with Gasteiger partial charge in [0.15, 0.2) is 12.1 Å². The molecule has 1 saturated carbocycles. The van der Waals surface area contributed by atoms with E-state index < -0.39 is 30.1 Å². The molecule has 0 radical (unpaired) electrons. The molecule has 130 valence electrons. The van der Waals surface area contributed by atoms with Gasteiger partial charge in [-0.2, -0.15) is 0 Å². The Hall–Kier alpha value is -0.730. The molecule has 4 aliphatic rings. The zero-order chi connectivity index (χ0) is 16.2. The van der Waals surface area contributed by atoms with Gasteiger partial charge in [-0.15, -0.1) is 0 Å². The van der Waals surface area contributed by atoms with Crippen molar-refractivity contribution in [1.82, 2.24) is 5.32 Å². The Morgan fingerprint density at radius 2 is 1.78 bits per heavy atom. The molecular weight excluding hydrogens is 302 g/mol. The molecule has 7 nitrogen and oxygen atoms in total. The second kappa shape index (κ2) is 5.39. The molecule has 0 unspecified atom stereocenters. The summed E-state index contributed by atoms with van der Waals surface area (Å²) in [5, 5.41) is 13.2. The van der Waals surface area contributed by atoms with Crippen LogP contribution < -0.4 is 5.32 Å². The van der Waals surface area contributed by atoms with Crippen molar-refractivity contribution in [3.63, 3.8) is 0 Å². The van der Waals surface area contributed by atoms with Crippen molar-refractivity contribution in [2.24, 2.45) is 0 Å². The Bertz CT molecular complexity index is 491. The quantitative estimate of drug-likeness (QED) is 0.780. The number of amides is 1. The first kappa shape index (κ1) is 15.8. The third-order valence-corrected chi connectivity index (χ3v) is 5.22. The minimum atomic E-state index is -1.47. The highest BCUT2D eigenvalue weighted by molar-refractivity contribution is 5.84. The molecule has 1 amide bonds. The molecule has 3 heterocycles. The number of hydrogen-bond acceptors (Lipinski definition) is 6. The maximum Gasteiger partial charge on any atom is 0.280 e. The van der Waals surface area contributed by atoms with Crippen molar-refractivity contribution in [2.75, 3.05) is 0 Å². The largest absolute Gasteiger partial charge is 0.366 e. The highest BCUT2D eigenvalue weighted by Crippen LogP contribution is 2.47. The molecular formula is C16H25NO6. The van der Waals surface area contributed by atoms with Crippen molar-refractivity contribution in [3.05, 3.63) is 0 Å². The Kier molecular flexibility index (Phi) is 3.70. The van der Waals surface area contributed by atoms with E-state index in [1.54, 1.807) is 0 Å². The van der Waals surface area contributed by atoms with Gasteiger partial charge in [0.2, 0.25) is 0 Å². The average Bonchev–Trinajstić information content (AvgIpc) is 2.95. The lowest BCUT2D eigenvalue weighted by Crippen LogP contribution is -2.57. The molecule has 1 aliphatic carbocycles. The monoisotopic (exact) mass is 327 g/mol. The molecule has 7 heteroatoms. The maximum absolute atomic E-state index is 12.8. The molecule has 23 heavy (non-hydrogen) atoms. The molecule has 0 aromatic carbocycles. The van der Waals surface area contributed by atoms with E-state index in [1.807, 2.05) is 13.8 Å². The molecule has 0 spiro atoms. The number of nitrogens with one attached hydrogen (secondary N) is 1. The van der Waals surface area contributed by atoms with Crippen LogP contribution in [0.5, 0.6) is 0 Å². The lowest BCUT2D eigenvalue weighted by molar-refractivity contribution is -0.225. The summed E-state index contributed by atoms with van der Waals surface area (Å²) in [6.07, 6.45) is 3.03. The van der Waals surface area contributed by atoms with Gasteiger partial charge in [0.05, 0.1) is 6.10 Å². The van der Waals surface area contributed by atoms with Gasteiger partial charge in [0.25, 0.3) is 11.7 Å². The summed E-state index contributed by atoms with van der Waals surface area (Å²) in [5.41, 5.74) is 0. The first-order chi connectivity index (χ1) is 10.9. The third-order valence-electron chi connectivity index (χ3n) is 5.22. The van der Waals surface area contributed by atoms with Crippen LogP contribution in [0.15, 0.2) is 0 Å². The standard InChI is InChI=1S/C16H25NO6/c1-15(2)20-10-8-16(14(19)17-9-6-4-3-5-7-9)22-12(11(10)21-15)13(18)23-16/h9-13,18H,3-8H2,1-2H3,(H,17,19)/t10-,11-,12-,13+,16+/m1/s1. The third kappa shape index (κ3) is 2.68. The molecule has 2 N–H and O–H groups in total. The molecule has 3 saturated heterocycles. The molecule has 2 bridgehead atoms. The number of fused-ring (bicyclic) bond motifs is 4. The number of aliphatic hydroxyl groups excluding tert-OH is 1. The van der Waals surface area contributed by atoms with Gasteiger partial charge in [-0.1, -0.05) is 19.3 Å². The van der Waals surface area contributed by atoms with Crippen LogP contribution in [0.2, 0.25) is 0 Å². The molecule has 0 aromatic heterocycles. The molecule has 4 fully saturated rings. The Morgan fingerprint density at radius 1 is 1.04 bits per heavy atom. The second-order valence-corrected chi connectivity index (χ2v) is 7.49. The fraction of sp³-hybridized carbons (Fsp3) is 0.938. The minimum Gasteiger partial charge on any atom is -0.366 e. The Morgan fingerprint density at radius 3 is 2.52 bits per heavy atom. The number of aliphatic hydroxyl groups is 1. The van der Waals surface area contributed by atoms with E-state index in [4.69, 9.17) is 18.9 Å². The van der Waals surface area contributed by atoms with Crippen molar-refractivity contribution in [2.45, 2.75) is 94.6 Å². The smallest absolute Gasteiger partial charge is 0.280 e. The van der Waals surface area contributed by atoms with Crippen molar-refractivity contribution < 1.29 is 28.8 Å². The van der Waals surface area contributed by atoms with Gasteiger partial charge in [-0.25, -0.2) is 0 Å². The summed E-state index contributed by atoms with van der Waals surface area (Å²) < 4.78 is 23.0. The molecule has 3 aliphatic heterocycles. The highest BCUT2D eigenvalue weighted by Gasteiger charge is 2.65. The van der Waals surface area contributed by atoms with E-state index in [0.717, 1.165) is 25.7 Å². The Labute approximate surface area is 135 Å². The van der Waals surface area contributed by atoms with Crippen LogP contribution in [-0.4, -0.2) is 53.2 Å². The van der Waals surface area contributed by atoms with Gasteiger partial charge in [-0.05, 0) is 26.7 Å². The highest BCUT2D eigenvalue weighted by atomic mass is 16.8. The van der Waals surface area contributed by atoms with Crippen LogP contribution in [0.1, 0.15) is 52.4 Å². The number of rotatable bonds is 2. The van der Waals surface area contributed by atoms with E-state index >= 15 is 0 Å². The Balaban J connectivity index is 1.50. The van der Waals surface area contributed by atoms with Crippen LogP contribution in [0, 0.1) is 0 Å². The maximum atomic E-state index is 12.8. The predicted octanol–water partition coefficient (Wildman–Crippen LogP) is 0.789. The number of hydrogen-bond donors (Lipinski definition) is 2. The van der Waals surface area contributed by atoms with Gasteiger partial charge < -0.3 is 29.4 Å². The molecule has 0 aromatic rings. The summed E-state index contributed by atoms with van der Waals surface area (Å²) in [7, 11) is 0. The van der Waals surface area contributed by atoms with E-state index in [2.05, 4.69) is 5.32 Å². The van der Waals surface area contributed by atoms with Crippen molar-refractivity contribution >= 4 is 5.91 Å². The summed E-state index contributed by atoms with van der Waals surface area (Å²) in [6.45, 7) is 3.64. The summed E-state index contributed by atoms with van der Waals surface area (Å²) >= 11 is 0. The van der Waals surface area contributed by atoms with Crippen LogP contribution in [0.4, 0.5) is 0 Å². The van der Waals surface area contributed by atoms with Crippen molar-refractivity contribution in [3.8, 4) is 0 Å². The zero-order valence-corrected chi connectivity index (χ0v) is 13.6. The number of ether oxygens (including phenoxy) is 4. The summed E-state index contributed by atoms with van der Waals surface area (Å²) in [5.74, 6) is -2.52. The van der Waals surface area contributed by atoms with Gasteiger partial charge in [0.1, 0.15) is 12.2 Å². The van der Waals surface area contributed by atoms with Gasteiger partial charge in [-0.3, -0.25) is 4.79 Å². The second-order valence-electron chi connectivity index (χ2n) is 7.49. The van der Waals surface area contributed by atoms with Crippen molar-refractivity contribution in [1.29, 1.82) is 0 Å². The van der Waals surface area contributed by atoms with E-state index in [1.165, 1.54) is 6.42 Å². The predicted molar refractivity (Wildman–Crippen MR) is 78.2 cm³/mol. The van der Waals surface area contributed by atoms with E-state index in [0.29, 0.717) is 0 Å². The van der Waals surface area contributed by atoms with Crippen LogP contribution in [0.25, 0.3) is 0 Å². The SMILES string of the molecule is CC1(C)O[C@H]2[C@H]3O[C@@](C(=O)NC4CCCCC4)(C[C@H]2O1)O[C@@H]3O. The zero-order valence-electron chi connectivity index (χ0n) is 13.6. The fourth-order valence-electron chi connectivity index (χ4n) is 4.20. The first-order valence-electron chi connectivity index (χ1n) is 8.59. The lowest BCUT2D eigenvalue weighted by Gasteiger charge is -2.36. The van der Waals surface area contributed by atoms with Gasteiger partial charge in [0, 0.05) is 12.5 Å². The molecule has 5 atom stereocenters. The van der Waals surface area contributed by atoms with Gasteiger partial charge >= 0.3 is 0 Å². The fourth-order valence-corrected chi connectivity index (χ4v) is 4.20. The van der Waals surface area contributed by atoms with Crippen LogP contribution in [-0.2, 0) is 23.7 Å². The summed E-state index contributed by atoms with van der Waals surface area (Å²) in [4.78, 5) is 12.8. The first-order valence-corrected chi connectivity index (χ1v) is 8.59. The normalized spacial score (nSPS) is 45.7. The van der Waals surface area contributed by atoms with Crippen LogP contribution >= 0.6 is 0 Å².